The monoisotopic (exact) mass is 625 g/mol. The summed E-state index contributed by atoms with van der Waals surface area (Å²) in [5.74, 6) is -2.43. The molecule has 14 heteroatoms. The van der Waals surface area contributed by atoms with Gasteiger partial charge in [0.05, 0.1) is 11.6 Å². The number of aromatic nitrogens is 1. The van der Waals surface area contributed by atoms with Crippen LogP contribution in [0.1, 0.15) is 46.6 Å². The second-order valence-corrected chi connectivity index (χ2v) is 12.1. The molecule has 240 valence electrons. The summed E-state index contributed by atoms with van der Waals surface area (Å²) < 4.78 is 58.3. The number of H-pyrrole nitrogens is 1. The molecule has 1 saturated carbocycles. The Morgan fingerprint density at radius 2 is 1.66 bits per heavy atom. The SMILES string of the molecule is C#C.CC(C)(C)CC(=O)N1CC2[C@H](C1)C2(C)C.N#C[C@H](Cc1cc2cc(F)c(F)cc2[nH]c1=O)NC=O.NC(=O)C(F)(F)F. The molecule has 1 aromatic carbocycles. The van der Waals surface area contributed by atoms with E-state index in [-0.39, 0.29) is 22.9 Å². The van der Waals surface area contributed by atoms with Crippen LogP contribution < -0.4 is 16.6 Å². The number of pyridine rings is 1. The van der Waals surface area contributed by atoms with Crippen molar-refractivity contribution in [2.75, 3.05) is 13.1 Å². The van der Waals surface area contributed by atoms with E-state index in [1.54, 1.807) is 0 Å². The number of hydrogen-bond acceptors (Lipinski definition) is 5. The maximum Gasteiger partial charge on any atom is 0.470 e. The zero-order valence-electron chi connectivity index (χ0n) is 25.0. The molecule has 2 fully saturated rings. The minimum atomic E-state index is -4.86. The highest BCUT2D eigenvalue weighted by molar-refractivity contribution is 5.80. The number of halogens is 5. The van der Waals surface area contributed by atoms with Crippen LogP contribution in [0.15, 0.2) is 23.0 Å². The smallest absolute Gasteiger partial charge is 0.362 e. The first kappa shape index (κ1) is 37.6. The second-order valence-electron chi connectivity index (χ2n) is 12.1. The molecule has 1 aliphatic carbocycles. The van der Waals surface area contributed by atoms with Crippen LogP contribution in [-0.2, 0) is 20.8 Å². The number of amides is 3. The van der Waals surface area contributed by atoms with Gasteiger partial charge in [0, 0.05) is 42.9 Å². The molecule has 2 aromatic rings. The Labute approximate surface area is 252 Å². The summed E-state index contributed by atoms with van der Waals surface area (Å²) >= 11 is 0. The molecule has 4 N–H and O–H groups in total. The van der Waals surface area contributed by atoms with Crippen LogP contribution in [0.3, 0.4) is 0 Å². The van der Waals surface area contributed by atoms with Crippen molar-refractivity contribution < 1.29 is 36.3 Å². The van der Waals surface area contributed by atoms with Gasteiger partial charge in [-0.15, -0.1) is 12.8 Å². The molecule has 9 nitrogen and oxygen atoms in total. The Balaban J connectivity index is 0.000000355. The van der Waals surface area contributed by atoms with E-state index in [2.05, 4.69) is 68.4 Å². The first-order valence-electron chi connectivity index (χ1n) is 13.3. The first-order chi connectivity index (χ1) is 20.2. The van der Waals surface area contributed by atoms with Gasteiger partial charge < -0.3 is 20.9 Å². The zero-order chi connectivity index (χ0) is 34.2. The summed E-state index contributed by atoms with van der Waals surface area (Å²) in [7, 11) is 0. The minimum Gasteiger partial charge on any atom is -0.362 e. The van der Waals surface area contributed by atoms with Gasteiger partial charge in [-0.3, -0.25) is 19.2 Å². The van der Waals surface area contributed by atoms with Gasteiger partial charge in [-0.05, 0) is 34.8 Å². The molecule has 0 bridgehead atoms. The second kappa shape index (κ2) is 14.8. The number of hydrogen-bond donors (Lipinski definition) is 3. The summed E-state index contributed by atoms with van der Waals surface area (Å²) in [6.45, 7) is 13.1. The third-order valence-corrected chi connectivity index (χ3v) is 7.25. The van der Waals surface area contributed by atoms with Crippen LogP contribution in [0.2, 0.25) is 0 Å². The van der Waals surface area contributed by atoms with Crippen molar-refractivity contribution in [3.8, 4) is 18.9 Å². The quantitative estimate of drug-likeness (QED) is 0.263. The highest BCUT2D eigenvalue weighted by Gasteiger charge is 2.62. The number of piperidine rings is 1. The van der Waals surface area contributed by atoms with Gasteiger partial charge in [0.2, 0.25) is 12.3 Å². The molecule has 2 aliphatic rings. The number of nitrogens with zero attached hydrogens (tertiary/aromatic N) is 2. The van der Waals surface area contributed by atoms with Gasteiger partial charge in [-0.25, -0.2) is 8.78 Å². The van der Waals surface area contributed by atoms with E-state index in [9.17, 15) is 36.3 Å². The number of aromatic amines is 1. The molecule has 3 atom stereocenters. The molecule has 0 radical (unpaired) electrons. The third-order valence-electron chi connectivity index (χ3n) is 7.25. The van der Waals surface area contributed by atoms with E-state index < -0.39 is 35.3 Å². The van der Waals surface area contributed by atoms with Crippen LogP contribution in [0.5, 0.6) is 0 Å². The summed E-state index contributed by atoms with van der Waals surface area (Å²) in [4.78, 5) is 47.7. The molecular weight excluding hydrogens is 589 g/mol. The summed E-state index contributed by atoms with van der Waals surface area (Å²) in [6.07, 6.45) is 4.16. The molecule has 2 heterocycles. The van der Waals surface area contributed by atoms with Crippen molar-refractivity contribution in [3.05, 3.63) is 45.8 Å². The van der Waals surface area contributed by atoms with E-state index in [1.807, 2.05) is 6.07 Å². The van der Waals surface area contributed by atoms with Crippen molar-refractivity contribution in [1.82, 2.24) is 15.2 Å². The number of alkyl halides is 3. The number of rotatable bonds is 5. The van der Waals surface area contributed by atoms with E-state index in [0.717, 1.165) is 37.1 Å². The van der Waals surface area contributed by atoms with E-state index in [0.29, 0.717) is 29.5 Å². The largest absolute Gasteiger partial charge is 0.470 e. The van der Waals surface area contributed by atoms with Crippen LogP contribution in [0, 0.1) is 58.5 Å². The predicted octanol–water partition coefficient (Wildman–Crippen LogP) is 3.81. The zero-order valence-corrected chi connectivity index (χ0v) is 25.0. The molecule has 3 amide bonds. The van der Waals surface area contributed by atoms with Crippen LogP contribution >= 0.6 is 0 Å². The fourth-order valence-electron chi connectivity index (χ4n) is 4.74. The first-order valence-corrected chi connectivity index (χ1v) is 13.3. The van der Waals surface area contributed by atoms with Gasteiger partial charge in [-0.1, -0.05) is 34.6 Å². The van der Waals surface area contributed by atoms with Gasteiger partial charge >= 0.3 is 12.1 Å². The Hall–Kier alpha value is -4.46. The highest BCUT2D eigenvalue weighted by Crippen LogP contribution is 2.62. The van der Waals surface area contributed by atoms with Crippen molar-refractivity contribution in [2.24, 2.45) is 28.4 Å². The number of benzene rings is 1. The standard InChI is InChI=1S/C13H9F2N3O2.C13H23NO.C2H2F3NO.C2H2/c14-10-3-7-1-8(2-9(5-16)17-6-19)13(20)18-12(7)4-11(10)15;1-12(2,3)6-11(15)14-7-9-10(8-14)13(9,4)5;3-2(4,5)1(6)7;1-2/h1,3-4,6,9H,2H2,(H,17,19)(H,18,20);9-10H,6-8H2,1-5H3;(H2,6,7);1-2H/t9-;9-,10?;;/m00../s1. The Morgan fingerprint density at radius 1 is 1.16 bits per heavy atom. The lowest BCUT2D eigenvalue weighted by Crippen LogP contribution is -2.35. The van der Waals surface area contributed by atoms with Gasteiger partial charge in [-0.2, -0.15) is 18.4 Å². The summed E-state index contributed by atoms with van der Waals surface area (Å²) in [5.41, 5.74) is 4.29. The molecular formula is C30H36F5N5O4. The van der Waals surface area contributed by atoms with E-state index in [4.69, 9.17) is 10.1 Å². The lowest BCUT2D eigenvalue weighted by Gasteiger charge is -2.26. The third kappa shape index (κ3) is 10.4. The molecule has 1 aromatic heterocycles. The van der Waals surface area contributed by atoms with E-state index >= 15 is 0 Å². The maximum atomic E-state index is 13.2. The molecule has 1 aliphatic heterocycles. The van der Waals surface area contributed by atoms with Crippen molar-refractivity contribution in [2.45, 2.75) is 59.7 Å². The number of terminal acetylenes is 1. The number of primary amides is 1. The fraction of sp³-hybridized carbons (Fsp3) is 0.500. The number of nitrogens with one attached hydrogen (secondary N) is 2. The van der Waals surface area contributed by atoms with Crippen molar-refractivity contribution in [3.63, 3.8) is 0 Å². The van der Waals surface area contributed by atoms with E-state index in [1.165, 1.54) is 6.07 Å². The molecule has 4 rings (SSSR count). The lowest BCUT2D eigenvalue weighted by atomic mass is 9.91. The Kier molecular flexibility index (Phi) is 12.7. The number of carbonyl (C=O) groups excluding carboxylic acids is 3. The maximum absolute atomic E-state index is 13.2. The summed E-state index contributed by atoms with van der Waals surface area (Å²) in [6, 6.07) is 4.17. The number of nitrogens with two attached hydrogens (primary N) is 1. The lowest BCUT2D eigenvalue weighted by molar-refractivity contribution is -0.169. The molecule has 1 saturated heterocycles. The van der Waals surface area contributed by atoms with Crippen molar-refractivity contribution >= 4 is 29.1 Å². The van der Waals surface area contributed by atoms with Gasteiger partial charge in [0.1, 0.15) is 6.04 Å². The van der Waals surface area contributed by atoms with Gasteiger partial charge in [0.15, 0.2) is 11.6 Å². The fourth-order valence-corrected chi connectivity index (χ4v) is 4.74. The van der Waals surface area contributed by atoms with Crippen LogP contribution in [-0.4, -0.2) is 53.4 Å². The average Bonchev–Trinajstić information content (AvgIpc) is 3.22. The topological polar surface area (TPSA) is 149 Å². The average molecular weight is 626 g/mol. The molecule has 0 spiro atoms. The minimum absolute atomic E-state index is 0.0283. The Morgan fingerprint density at radius 3 is 2.09 bits per heavy atom. The normalized spacial score (nSPS) is 18.4. The number of nitriles is 1. The van der Waals surface area contributed by atoms with Crippen LogP contribution in [0.25, 0.3) is 10.9 Å². The molecule has 1 unspecified atom stereocenters. The predicted molar refractivity (Wildman–Crippen MR) is 153 cm³/mol. The summed E-state index contributed by atoms with van der Waals surface area (Å²) in [5, 5.41) is 11.4. The number of fused-ring (bicyclic) bond motifs is 2. The Bertz CT molecular complexity index is 1460. The van der Waals surface area contributed by atoms with Crippen molar-refractivity contribution in [1.29, 1.82) is 5.26 Å². The van der Waals surface area contributed by atoms with Gasteiger partial charge in [0.25, 0.3) is 5.56 Å². The highest BCUT2D eigenvalue weighted by atomic mass is 19.4. The number of carbonyl (C=O) groups is 3. The number of likely N-dealkylation sites (tertiary alicyclic amines) is 1. The molecule has 44 heavy (non-hydrogen) atoms. The van der Waals surface area contributed by atoms with Crippen LogP contribution in [0.4, 0.5) is 22.0 Å².